The van der Waals surface area contributed by atoms with Crippen molar-refractivity contribution in [2.24, 2.45) is 35.5 Å². The van der Waals surface area contributed by atoms with Crippen LogP contribution in [0.5, 0.6) is 0 Å². The highest BCUT2D eigenvalue weighted by Gasteiger charge is 2.67. The van der Waals surface area contributed by atoms with Gasteiger partial charge in [-0.15, -0.1) is 11.3 Å². The van der Waals surface area contributed by atoms with Gasteiger partial charge in [-0.1, -0.05) is 18.2 Å². The lowest BCUT2D eigenvalue weighted by Crippen LogP contribution is -2.40. The van der Waals surface area contributed by atoms with Gasteiger partial charge < -0.3 is 4.74 Å². The van der Waals surface area contributed by atoms with Gasteiger partial charge in [0.05, 0.1) is 16.7 Å². The van der Waals surface area contributed by atoms with Gasteiger partial charge >= 0.3 is 5.97 Å². The molecule has 2 bridgehead atoms. The van der Waals surface area contributed by atoms with Crippen LogP contribution in [-0.2, 0) is 19.1 Å². The quantitative estimate of drug-likeness (QED) is 0.339. The van der Waals surface area contributed by atoms with Gasteiger partial charge in [-0.05, 0) is 41.5 Å². The van der Waals surface area contributed by atoms with Crippen LogP contribution in [0.2, 0.25) is 0 Å². The first-order valence-electron chi connectivity index (χ1n) is 8.82. The van der Waals surface area contributed by atoms with Crippen LogP contribution >= 0.6 is 11.3 Å². The molecule has 4 aliphatic carbocycles. The topological polar surface area (TPSA) is 80.8 Å². The van der Waals surface area contributed by atoms with Crippen molar-refractivity contribution in [3.63, 3.8) is 0 Å². The Bertz CT molecular complexity index is 808. The minimum atomic E-state index is -0.722. The zero-order valence-electron chi connectivity index (χ0n) is 13.9. The van der Waals surface area contributed by atoms with E-state index in [1.54, 1.807) is 17.5 Å². The second-order valence-electron chi connectivity index (χ2n) is 7.48. The number of ether oxygens (including phenoxy) is 1. The smallest absolute Gasteiger partial charge is 0.326 e. The van der Waals surface area contributed by atoms with Crippen LogP contribution in [0.3, 0.4) is 0 Å². The maximum Gasteiger partial charge on any atom is 0.326 e. The van der Waals surface area contributed by atoms with E-state index >= 15 is 0 Å². The Labute approximate surface area is 153 Å². The first kappa shape index (κ1) is 15.9. The Kier molecular flexibility index (Phi) is 3.44. The number of ketones is 1. The molecule has 2 heterocycles. The van der Waals surface area contributed by atoms with E-state index in [4.69, 9.17) is 4.74 Å². The van der Waals surface area contributed by atoms with Crippen LogP contribution in [0.15, 0.2) is 29.7 Å². The number of nitrogens with zero attached hydrogens (tertiary/aromatic N) is 1. The monoisotopic (exact) mass is 371 g/mol. The van der Waals surface area contributed by atoms with Gasteiger partial charge in [0.2, 0.25) is 17.6 Å². The Morgan fingerprint density at radius 3 is 2.35 bits per heavy atom. The van der Waals surface area contributed by atoms with Crippen LogP contribution in [0, 0.1) is 35.5 Å². The van der Waals surface area contributed by atoms with Gasteiger partial charge in [0, 0.05) is 0 Å². The third kappa shape index (κ3) is 2.23. The number of rotatable bonds is 5. The first-order chi connectivity index (χ1) is 12.6. The molecule has 2 saturated carbocycles. The largest absolute Gasteiger partial charge is 0.456 e. The predicted molar refractivity (Wildman–Crippen MR) is 91.0 cm³/mol. The molecule has 1 aromatic rings. The van der Waals surface area contributed by atoms with Crippen molar-refractivity contribution >= 4 is 34.9 Å². The second-order valence-corrected chi connectivity index (χ2v) is 8.43. The normalized spacial score (nSPS) is 36.1. The summed E-state index contributed by atoms with van der Waals surface area (Å²) in [7, 11) is 0. The van der Waals surface area contributed by atoms with Gasteiger partial charge in [-0.2, -0.15) is 0 Å². The highest BCUT2D eigenvalue weighted by molar-refractivity contribution is 7.12. The number of hydrogen-bond acceptors (Lipinski definition) is 6. The number of allylic oxidation sites excluding steroid dienone is 2. The van der Waals surface area contributed by atoms with E-state index in [2.05, 4.69) is 12.2 Å². The summed E-state index contributed by atoms with van der Waals surface area (Å²) < 4.78 is 5.00. The molecule has 0 N–H and O–H groups in total. The molecule has 3 fully saturated rings. The minimum Gasteiger partial charge on any atom is -0.456 e. The molecule has 0 spiro atoms. The maximum atomic E-state index is 12.8. The molecule has 1 aliphatic heterocycles. The Morgan fingerprint density at radius 2 is 1.77 bits per heavy atom. The second kappa shape index (κ2) is 5.61. The van der Waals surface area contributed by atoms with E-state index in [1.807, 2.05) is 0 Å². The molecule has 26 heavy (non-hydrogen) atoms. The van der Waals surface area contributed by atoms with Gasteiger partial charge in [0.1, 0.15) is 6.54 Å². The van der Waals surface area contributed by atoms with Gasteiger partial charge in [-0.3, -0.25) is 24.1 Å². The molecule has 1 aromatic heterocycles. The zero-order valence-corrected chi connectivity index (χ0v) is 14.7. The molecular weight excluding hydrogens is 354 g/mol. The summed E-state index contributed by atoms with van der Waals surface area (Å²) in [6, 6.07) is 3.41. The van der Waals surface area contributed by atoms with Crippen molar-refractivity contribution in [2.45, 2.75) is 6.42 Å². The van der Waals surface area contributed by atoms with Crippen molar-refractivity contribution < 1.29 is 23.9 Å². The summed E-state index contributed by atoms with van der Waals surface area (Å²) in [5, 5.41) is 1.77. The lowest BCUT2D eigenvalue weighted by molar-refractivity contribution is -0.152. The summed E-state index contributed by atoms with van der Waals surface area (Å²) >= 11 is 1.28. The zero-order chi connectivity index (χ0) is 18.0. The number of Topliss-reactive ketones (excluding diaryl/α,β-unsaturated/α-hetero) is 1. The standard InChI is InChI=1S/C19H17NO5S/c21-13(14-2-1-5-26-14)8-25-15(22)7-20-18(23)16-9-3-4-10(12-6-11(9)12)17(16)19(20)24/h1-5,9-12,16-17H,6-8H2/t9-,10-,11-,12-,16+,17+/m1/s1. The Balaban J connectivity index is 1.24. The molecule has 6 atom stereocenters. The van der Waals surface area contributed by atoms with Gasteiger partial charge in [0.15, 0.2) is 6.61 Å². The molecule has 0 unspecified atom stereocenters. The summed E-state index contributed by atoms with van der Waals surface area (Å²) in [5.74, 6) is -0.845. The summed E-state index contributed by atoms with van der Waals surface area (Å²) in [5.41, 5.74) is 0. The molecular formula is C19H17NO5S. The molecule has 0 radical (unpaired) electrons. The number of carbonyl (C=O) groups excluding carboxylic acids is 4. The number of hydrogen-bond donors (Lipinski definition) is 0. The van der Waals surface area contributed by atoms with E-state index in [0.29, 0.717) is 16.7 Å². The van der Waals surface area contributed by atoms with E-state index in [1.165, 1.54) is 11.3 Å². The van der Waals surface area contributed by atoms with Crippen LogP contribution < -0.4 is 0 Å². The fourth-order valence-electron chi connectivity index (χ4n) is 5.00. The van der Waals surface area contributed by atoms with Crippen molar-refractivity contribution in [1.82, 2.24) is 4.90 Å². The highest BCUT2D eigenvalue weighted by Crippen LogP contribution is 2.65. The average Bonchev–Trinajstić information content (AvgIpc) is 3.23. The fourth-order valence-corrected chi connectivity index (χ4v) is 5.65. The molecule has 1 saturated heterocycles. The lowest BCUT2D eigenvalue weighted by Gasteiger charge is -2.37. The number of likely N-dealkylation sites (tertiary alicyclic amines) is 1. The Morgan fingerprint density at radius 1 is 1.12 bits per heavy atom. The summed E-state index contributed by atoms with van der Waals surface area (Å²) in [6.07, 6.45) is 5.28. The molecule has 5 aliphatic rings. The summed E-state index contributed by atoms with van der Waals surface area (Å²) in [4.78, 5) is 51.1. The third-order valence-electron chi connectivity index (χ3n) is 6.20. The lowest BCUT2D eigenvalue weighted by atomic mass is 9.63. The van der Waals surface area contributed by atoms with Crippen LogP contribution in [0.25, 0.3) is 0 Å². The van der Waals surface area contributed by atoms with E-state index < -0.39 is 12.5 Å². The van der Waals surface area contributed by atoms with Gasteiger partial charge in [-0.25, -0.2) is 0 Å². The Hall–Kier alpha value is -2.28. The average molecular weight is 371 g/mol. The van der Waals surface area contributed by atoms with E-state index in [9.17, 15) is 19.2 Å². The maximum absolute atomic E-state index is 12.8. The van der Waals surface area contributed by atoms with Gasteiger partial charge in [0.25, 0.3) is 0 Å². The van der Waals surface area contributed by atoms with E-state index in [0.717, 1.165) is 11.3 Å². The third-order valence-corrected chi connectivity index (χ3v) is 7.11. The molecule has 6 rings (SSSR count). The number of amides is 2. The van der Waals surface area contributed by atoms with Crippen LogP contribution in [0.1, 0.15) is 16.1 Å². The van der Waals surface area contributed by atoms with Crippen molar-refractivity contribution in [3.8, 4) is 0 Å². The van der Waals surface area contributed by atoms with Crippen molar-refractivity contribution in [1.29, 1.82) is 0 Å². The molecule has 2 amide bonds. The molecule has 134 valence electrons. The molecule has 7 heteroatoms. The minimum absolute atomic E-state index is 0.132. The van der Waals surface area contributed by atoms with Crippen molar-refractivity contribution in [2.75, 3.05) is 13.2 Å². The van der Waals surface area contributed by atoms with Crippen molar-refractivity contribution in [3.05, 3.63) is 34.5 Å². The van der Waals surface area contributed by atoms with Crippen LogP contribution in [-0.4, -0.2) is 41.6 Å². The first-order valence-corrected chi connectivity index (χ1v) is 9.70. The number of imide groups is 1. The number of carbonyl (C=O) groups is 4. The number of thiophene rings is 1. The molecule has 0 aromatic carbocycles. The molecule has 6 nitrogen and oxygen atoms in total. The van der Waals surface area contributed by atoms with E-state index in [-0.39, 0.29) is 47.9 Å². The fraction of sp³-hybridized carbons (Fsp3) is 0.474. The number of esters is 1. The summed E-state index contributed by atoms with van der Waals surface area (Å²) in [6.45, 7) is -0.781. The predicted octanol–water partition coefficient (Wildman–Crippen LogP) is 1.53. The SMILES string of the molecule is O=C(CN1C(=O)[C@H]2[C@@H]3C=C[C@H]([C@H]4C[C@H]34)[C@@H]2C1=O)OCC(=O)c1cccs1. The highest BCUT2D eigenvalue weighted by atomic mass is 32.1. The van der Waals surface area contributed by atoms with Crippen LogP contribution in [0.4, 0.5) is 0 Å².